The number of nitrogens with zero attached hydrogens (tertiary/aromatic N) is 2. The van der Waals surface area contributed by atoms with E-state index in [4.69, 9.17) is 4.74 Å². The predicted octanol–water partition coefficient (Wildman–Crippen LogP) is 2.70. The highest BCUT2D eigenvalue weighted by atomic mass is 16.5. The average molecular weight is 346 g/mol. The van der Waals surface area contributed by atoms with E-state index in [2.05, 4.69) is 10.5 Å². The molecule has 2 aromatic carbocycles. The molecule has 0 unspecified atom stereocenters. The van der Waals surface area contributed by atoms with Gasteiger partial charge in [0.15, 0.2) is 12.4 Å². The zero-order chi connectivity index (χ0) is 18.0. The van der Waals surface area contributed by atoms with Crippen molar-refractivity contribution < 1.29 is 14.1 Å². The molecule has 0 radical (unpaired) electrons. The first-order chi connectivity index (χ1) is 12.8. The molecular formula is C21H20N3O2+. The van der Waals surface area contributed by atoms with Crippen LogP contribution in [-0.4, -0.2) is 12.1 Å². The summed E-state index contributed by atoms with van der Waals surface area (Å²) in [5.41, 5.74) is 4.52. The smallest absolute Gasteiger partial charge is 0.305 e. The lowest BCUT2D eigenvalue weighted by Gasteiger charge is -2.06. The number of hydrogen-bond acceptors (Lipinski definition) is 3. The Morgan fingerprint density at radius 2 is 1.65 bits per heavy atom. The number of hydrazone groups is 1. The summed E-state index contributed by atoms with van der Waals surface area (Å²) in [6, 6.07) is 23.2. The molecule has 0 fully saturated rings. The van der Waals surface area contributed by atoms with Gasteiger partial charge in [-0.2, -0.15) is 9.67 Å². The molecule has 3 rings (SSSR count). The van der Waals surface area contributed by atoms with Crippen LogP contribution in [0.4, 0.5) is 0 Å². The van der Waals surface area contributed by atoms with Gasteiger partial charge in [0.05, 0.1) is 6.21 Å². The Morgan fingerprint density at radius 3 is 2.38 bits per heavy atom. The normalized spacial score (nSPS) is 10.6. The lowest BCUT2D eigenvalue weighted by Crippen LogP contribution is -2.40. The summed E-state index contributed by atoms with van der Waals surface area (Å²) in [5.74, 6) is 0.607. The van der Waals surface area contributed by atoms with Crippen LogP contribution >= 0.6 is 0 Å². The fourth-order valence-electron chi connectivity index (χ4n) is 2.31. The standard InChI is InChI=1S/C21H19N3O2/c25-21(16-24-13-5-2-6-14-24)23-22-15-18-9-11-20(12-10-18)26-17-19-7-3-1-4-8-19/h1-15H,16-17H2/p+1. The van der Waals surface area contributed by atoms with Crippen LogP contribution < -0.4 is 14.7 Å². The molecule has 130 valence electrons. The number of carbonyl (C=O) groups excluding carboxylic acids is 1. The number of rotatable bonds is 7. The summed E-state index contributed by atoms with van der Waals surface area (Å²) in [4.78, 5) is 11.8. The number of pyridine rings is 1. The third-order valence-corrected chi connectivity index (χ3v) is 3.63. The molecule has 1 N–H and O–H groups in total. The molecule has 0 spiro atoms. The van der Waals surface area contributed by atoms with Crippen molar-refractivity contribution in [2.75, 3.05) is 0 Å². The minimum Gasteiger partial charge on any atom is -0.489 e. The Labute approximate surface area is 152 Å². The van der Waals surface area contributed by atoms with E-state index in [-0.39, 0.29) is 12.5 Å². The molecule has 3 aromatic rings. The Morgan fingerprint density at radius 1 is 0.962 bits per heavy atom. The molecule has 26 heavy (non-hydrogen) atoms. The SMILES string of the molecule is O=C(C[n+]1ccccc1)NN=Cc1ccc(OCc2ccccc2)cc1. The molecule has 5 heteroatoms. The predicted molar refractivity (Wildman–Crippen MR) is 99.6 cm³/mol. The number of benzene rings is 2. The molecule has 0 aliphatic rings. The second-order valence-corrected chi connectivity index (χ2v) is 5.68. The van der Waals surface area contributed by atoms with Gasteiger partial charge >= 0.3 is 5.91 Å². The number of nitrogens with one attached hydrogen (secondary N) is 1. The maximum Gasteiger partial charge on any atom is 0.305 e. The van der Waals surface area contributed by atoms with Crippen molar-refractivity contribution in [2.45, 2.75) is 13.2 Å². The van der Waals surface area contributed by atoms with Crippen LogP contribution in [0.3, 0.4) is 0 Å². The van der Waals surface area contributed by atoms with Crippen LogP contribution in [0.15, 0.2) is 90.3 Å². The second-order valence-electron chi connectivity index (χ2n) is 5.68. The lowest BCUT2D eigenvalue weighted by atomic mass is 10.2. The van der Waals surface area contributed by atoms with Gasteiger partial charge < -0.3 is 4.74 Å². The van der Waals surface area contributed by atoms with E-state index in [1.165, 1.54) is 0 Å². The van der Waals surface area contributed by atoms with Crippen molar-refractivity contribution in [3.05, 3.63) is 96.3 Å². The molecule has 1 amide bonds. The van der Waals surface area contributed by atoms with Gasteiger partial charge in [-0.05, 0) is 35.4 Å². The third-order valence-electron chi connectivity index (χ3n) is 3.63. The Bertz CT molecular complexity index is 847. The van der Waals surface area contributed by atoms with E-state index in [1.54, 1.807) is 10.8 Å². The maximum atomic E-state index is 11.8. The minimum absolute atomic E-state index is 0.180. The number of carbonyl (C=O) groups is 1. The van der Waals surface area contributed by atoms with Crippen LogP contribution in [0.1, 0.15) is 11.1 Å². The molecular weight excluding hydrogens is 326 g/mol. The van der Waals surface area contributed by atoms with E-state index in [9.17, 15) is 4.79 Å². The third kappa shape index (κ3) is 5.56. The van der Waals surface area contributed by atoms with Gasteiger partial charge in [0.25, 0.3) is 0 Å². The van der Waals surface area contributed by atoms with Crippen molar-refractivity contribution in [3.8, 4) is 5.75 Å². The quantitative estimate of drug-likeness (QED) is 0.406. The zero-order valence-electron chi connectivity index (χ0n) is 14.3. The van der Waals surface area contributed by atoms with Crippen LogP contribution in [-0.2, 0) is 17.9 Å². The summed E-state index contributed by atoms with van der Waals surface area (Å²) in [6.07, 6.45) is 5.27. The highest BCUT2D eigenvalue weighted by Gasteiger charge is 2.06. The molecule has 1 heterocycles. The number of ether oxygens (including phenoxy) is 1. The molecule has 0 saturated heterocycles. The Hall–Kier alpha value is -3.47. The number of amides is 1. The van der Waals surface area contributed by atoms with Crippen molar-refractivity contribution in [2.24, 2.45) is 5.10 Å². The minimum atomic E-state index is -0.180. The zero-order valence-corrected chi connectivity index (χ0v) is 14.3. The Kier molecular flexibility index (Phi) is 6.09. The summed E-state index contributed by atoms with van der Waals surface area (Å²) in [5, 5.41) is 3.98. The van der Waals surface area contributed by atoms with Gasteiger partial charge in [0, 0.05) is 12.1 Å². The summed E-state index contributed by atoms with van der Waals surface area (Å²) in [7, 11) is 0. The highest BCUT2D eigenvalue weighted by molar-refractivity contribution is 5.82. The van der Waals surface area contributed by atoms with Gasteiger partial charge in [-0.15, -0.1) is 0 Å². The fraction of sp³-hybridized carbons (Fsp3) is 0.0952. The van der Waals surface area contributed by atoms with E-state index in [1.807, 2.05) is 85.2 Å². The van der Waals surface area contributed by atoms with Gasteiger partial charge in [-0.3, -0.25) is 4.79 Å². The lowest BCUT2D eigenvalue weighted by molar-refractivity contribution is -0.684. The van der Waals surface area contributed by atoms with Crippen molar-refractivity contribution >= 4 is 12.1 Å². The average Bonchev–Trinajstić information content (AvgIpc) is 2.69. The molecule has 1 aromatic heterocycles. The summed E-state index contributed by atoms with van der Waals surface area (Å²) in [6.45, 7) is 0.756. The van der Waals surface area contributed by atoms with Crippen molar-refractivity contribution in [1.82, 2.24) is 5.43 Å². The van der Waals surface area contributed by atoms with Crippen LogP contribution in [0.2, 0.25) is 0 Å². The fourth-order valence-corrected chi connectivity index (χ4v) is 2.31. The second kappa shape index (κ2) is 9.13. The first-order valence-corrected chi connectivity index (χ1v) is 8.32. The van der Waals surface area contributed by atoms with Gasteiger partial charge in [0.1, 0.15) is 12.4 Å². The molecule has 0 atom stereocenters. The van der Waals surface area contributed by atoms with Crippen molar-refractivity contribution in [1.29, 1.82) is 0 Å². The number of aromatic nitrogens is 1. The maximum absolute atomic E-state index is 11.8. The number of hydrogen-bond donors (Lipinski definition) is 1. The van der Waals surface area contributed by atoms with E-state index in [0.717, 1.165) is 16.9 Å². The van der Waals surface area contributed by atoms with Crippen molar-refractivity contribution in [3.63, 3.8) is 0 Å². The Balaban J connectivity index is 1.46. The van der Waals surface area contributed by atoms with E-state index in [0.29, 0.717) is 6.61 Å². The molecule has 0 aliphatic carbocycles. The van der Waals surface area contributed by atoms with Gasteiger partial charge in [-0.1, -0.05) is 36.4 Å². The largest absolute Gasteiger partial charge is 0.489 e. The first-order valence-electron chi connectivity index (χ1n) is 8.32. The monoisotopic (exact) mass is 346 g/mol. The van der Waals surface area contributed by atoms with Crippen LogP contribution in [0.5, 0.6) is 5.75 Å². The van der Waals surface area contributed by atoms with Gasteiger partial charge in [-0.25, -0.2) is 5.43 Å². The first kappa shape index (κ1) is 17.4. The topological polar surface area (TPSA) is 54.6 Å². The van der Waals surface area contributed by atoms with Crippen LogP contribution in [0, 0.1) is 0 Å². The van der Waals surface area contributed by atoms with Crippen LogP contribution in [0.25, 0.3) is 0 Å². The highest BCUT2D eigenvalue weighted by Crippen LogP contribution is 2.13. The molecule has 0 saturated carbocycles. The van der Waals surface area contributed by atoms with Gasteiger partial charge in [0.2, 0.25) is 6.54 Å². The molecule has 0 bridgehead atoms. The van der Waals surface area contributed by atoms with E-state index >= 15 is 0 Å². The summed E-state index contributed by atoms with van der Waals surface area (Å²) < 4.78 is 7.52. The molecule has 0 aliphatic heterocycles. The molecule has 5 nitrogen and oxygen atoms in total. The summed E-state index contributed by atoms with van der Waals surface area (Å²) >= 11 is 0. The van der Waals surface area contributed by atoms with E-state index < -0.39 is 0 Å².